The lowest BCUT2D eigenvalue weighted by atomic mass is 9.94. The van der Waals surface area contributed by atoms with Crippen molar-refractivity contribution in [3.8, 4) is 11.5 Å². The maximum atomic E-state index is 5.94. The molecule has 2 rings (SSSR count). The first-order valence-electron chi connectivity index (χ1n) is 5.57. The normalized spacial score (nSPS) is 17.3. The van der Waals surface area contributed by atoms with Crippen molar-refractivity contribution in [2.75, 3.05) is 20.1 Å². The van der Waals surface area contributed by atoms with E-state index in [0.29, 0.717) is 5.88 Å². The molecule has 0 radical (unpaired) electrons. The fourth-order valence-electron chi connectivity index (χ4n) is 2.16. The molecular formula is C13H17Cl2NO2. The zero-order valence-electron chi connectivity index (χ0n) is 10.7. The molecule has 1 aliphatic rings. The lowest BCUT2D eigenvalue weighted by Crippen LogP contribution is -2.20. The number of halogens is 2. The van der Waals surface area contributed by atoms with Crippen LogP contribution in [0.3, 0.4) is 0 Å². The molecule has 1 heterocycles. The highest BCUT2D eigenvalue weighted by Crippen LogP contribution is 2.33. The van der Waals surface area contributed by atoms with Gasteiger partial charge in [0, 0.05) is 5.56 Å². The molecule has 1 aromatic carbocycles. The Kier molecular flexibility index (Phi) is 5.29. The first-order chi connectivity index (χ1) is 8.19. The average molecular weight is 290 g/mol. The number of aliphatic imine (C=N–C) groups is 1. The second-order valence-corrected chi connectivity index (χ2v) is 4.39. The van der Waals surface area contributed by atoms with Gasteiger partial charge in [-0.05, 0) is 31.0 Å². The fraction of sp³-hybridized carbons (Fsp3) is 0.462. The van der Waals surface area contributed by atoms with E-state index in [1.165, 1.54) is 5.56 Å². The minimum atomic E-state index is 0. The van der Waals surface area contributed by atoms with Crippen LogP contribution < -0.4 is 9.47 Å². The van der Waals surface area contributed by atoms with E-state index >= 15 is 0 Å². The van der Waals surface area contributed by atoms with Gasteiger partial charge in [0.15, 0.2) is 11.5 Å². The van der Waals surface area contributed by atoms with Gasteiger partial charge >= 0.3 is 0 Å². The molecule has 0 fully saturated rings. The number of benzene rings is 1. The van der Waals surface area contributed by atoms with Gasteiger partial charge < -0.3 is 9.47 Å². The van der Waals surface area contributed by atoms with Crippen LogP contribution in [0.1, 0.15) is 18.1 Å². The number of alkyl halides is 1. The highest BCUT2D eigenvalue weighted by Gasteiger charge is 2.20. The third-order valence-electron chi connectivity index (χ3n) is 2.94. The molecule has 0 aromatic heterocycles. The Hall–Kier alpha value is -0.930. The smallest absolute Gasteiger partial charge is 0.161 e. The molecule has 5 heteroatoms. The second-order valence-electron chi connectivity index (χ2n) is 4.13. The molecule has 0 aliphatic carbocycles. The SMILES string of the molecule is COc1cc2c(cc1OC)C(CCl)=NC(C)C2.Cl. The minimum absolute atomic E-state index is 0. The lowest BCUT2D eigenvalue weighted by Gasteiger charge is -2.22. The molecule has 0 bridgehead atoms. The molecule has 0 N–H and O–H groups in total. The van der Waals surface area contributed by atoms with Gasteiger partial charge in [-0.3, -0.25) is 4.99 Å². The number of ether oxygens (including phenoxy) is 2. The van der Waals surface area contributed by atoms with Gasteiger partial charge in [-0.1, -0.05) is 0 Å². The van der Waals surface area contributed by atoms with Crippen LogP contribution in [0.2, 0.25) is 0 Å². The number of fused-ring (bicyclic) bond motifs is 1. The number of nitrogens with zero attached hydrogens (tertiary/aromatic N) is 1. The van der Waals surface area contributed by atoms with E-state index in [0.717, 1.165) is 29.2 Å². The van der Waals surface area contributed by atoms with Crippen LogP contribution in [-0.2, 0) is 6.42 Å². The van der Waals surface area contributed by atoms with Gasteiger partial charge in [0.05, 0.1) is 31.9 Å². The quantitative estimate of drug-likeness (QED) is 0.801. The molecular weight excluding hydrogens is 273 g/mol. The lowest BCUT2D eigenvalue weighted by molar-refractivity contribution is 0.354. The van der Waals surface area contributed by atoms with Crippen molar-refractivity contribution in [3.63, 3.8) is 0 Å². The third-order valence-corrected chi connectivity index (χ3v) is 3.19. The standard InChI is InChI=1S/C13H16ClNO2.ClH/c1-8-4-9-5-12(16-2)13(17-3)6-10(9)11(7-14)15-8;/h5-6,8H,4,7H2,1-3H3;1H. The topological polar surface area (TPSA) is 30.8 Å². The Bertz CT molecular complexity index is 461. The van der Waals surface area contributed by atoms with Crippen molar-refractivity contribution in [2.45, 2.75) is 19.4 Å². The van der Waals surface area contributed by atoms with Crippen LogP contribution >= 0.6 is 24.0 Å². The molecule has 0 saturated carbocycles. The Balaban J connectivity index is 0.00000162. The van der Waals surface area contributed by atoms with Crippen molar-refractivity contribution in [1.29, 1.82) is 0 Å². The van der Waals surface area contributed by atoms with Crippen molar-refractivity contribution >= 4 is 29.7 Å². The highest BCUT2D eigenvalue weighted by atomic mass is 35.5. The summed E-state index contributed by atoms with van der Waals surface area (Å²) < 4.78 is 10.6. The van der Waals surface area contributed by atoms with Crippen LogP contribution in [0.15, 0.2) is 17.1 Å². The summed E-state index contributed by atoms with van der Waals surface area (Å²) in [5.74, 6) is 1.90. The van der Waals surface area contributed by atoms with Gasteiger partial charge in [-0.2, -0.15) is 0 Å². The summed E-state index contributed by atoms with van der Waals surface area (Å²) in [7, 11) is 3.28. The zero-order chi connectivity index (χ0) is 12.4. The predicted octanol–water partition coefficient (Wildman–Crippen LogP) is 3.10. The second kappa shape index (κ2) is 6.30. The Morgan fingerprint density at radius 1 is 1.28 bits per heavy atom. The summed E-state index contributed by atoms with van der Waals surface area (Å²) in [5, 5.41) is 0. The molecule has 0 saturated heterocycles. The molecule has 0 spiro atoms. The number of hydrogen-bond acceptors (Lipinski definition) is 3. The fourth-order valence-corrected chi connectivity index (χ4v) is 2.38. The van der Waals surface area contributed by atoms with Crippen LogP contribution in [0.5, 0.6) is 11.5 Å². The number of methoxy groups -OCH3 is 2. The molecule has 18 heavy (non-hydrogen) atoms. The van der Waals surface area contributed by atoms with E-state index in [2.05, 4.69) is 11.9 Å². The summed E-state index contributed by atoms with van der Waals surface area (Å²) in [6.45, 7) is 2.09. The molecule has 1 unspecified atom stereocenters. The number of hydrogen-bond donors (Lipinski definition) is 0. The molecule has 3 nitrogen and oxygen atoms in total. The Labute approximate surface area is 119 Å². The van der Waals surface area contributed by atoms with Gasteiger partial charge in [0.25, 0.3) is 0 Å². The summed E-state index contributed by atoms with van der Waals surface area (Å²) in [6.07, 6.45) is 0.913. The van der Waals surface area contributed by atoms with E-state index in [9.17, 15) is 0 Å². The molecule has 1 aliphatic heterocycles. The van der Waals surface area contributed by atoms with Gasteiger partial charge in [-0.25, -0.2) is 0 Å². The molecule has 1 atom stereocenters. The Morgan fingerprint density at radius 2 is 1.89 bits per heavy atom. The molecule has 1 aromatic rings. The molecule has 100 valence electrons. The summed E-state index contributed by atoms with van der Waals surface area (Å²) in [5.41, 5.74) is 3.23. The van der Waals surface area contributed by atoms with Crippen LogP contribution in [0, 0.1) is 0 Å². The van der Waals surface area contributed by atoms with Gasteiger partial charge in [-0.15, -0.1) is 24.0 Å². The van der Waals surface area contributed by atoms with Gasteiger partial charge in [0.1, 0.15) is 0 Å². The van der Waals surface area contributed by atoms with Crippen molar-refractivity contribution < 1.29 is 9.47 Å². The van der Waals surface area contributed by atoms with E-state index in [1.807, 2.05) is 12.1 Å². The first-order valence-corrected chi connectivity index (χ1v) is 6.11. The monoisotopic (exact) mass is 289 g/mol. The van der Waals surface area contributed by atoms with Crippen molar-refractivity contribution in [1.82, 2.24) is 0 Å². The zero-order valence-corrected chi connectivity index (χ0v) is 12.3. The minimum Gasteiger partial charge on any atom is -0.493 e. The highest BCUT2D eigenvalue weighted by molar-refractivity contribution is 6.32. The maximum absolute atomic E-state index is 5.94. The number of rotatable bonds is 3. The summed E-state index contributed by atoms with van der Waals surface area (Å²) >= 11 is 5.94. The third kappa shape index (κ3) is 2.73. The van der Waals surface area contributed by atoms with E-state index < -0.39 is 0 Å². The maximum Gasteiger partial charge on any atom is 0.161 e. The molecule has 0 amide bonds. The van der Waals surface area contributed by atoms with Crippen LogP contribution in [0.25, 0.3) is 0 Å². The van der Waals surface area contributed by atoms with Crippen molar-refractivity contribution in [3.05, 3.63) is 23.3 Å². The van der Waals surface area contributed by atoms with Crippen LogP contribution in [-0.4, -0.2) is 31.9 Å². The Morgan fingerprint density at radius 3 is 2.44 bits per heavy atom. The summed E-state index contributed by atoms with van der Waals surface area (Å²) in [4.78, 5) is 4.56. The van der Waals surface area contributed by atoms with Crippen molar-refractivity contribution in [2.24, 2.45) is 4.99 Å². The van der Waals surface area contributed by atoms with E-state index in [4.69, 9.17) is 21.1 Å². The van der Waals surface area contributed by atoms with Crippen LogP contribution in [0.4, 0.5) is 0 Å². The van der Waals surface area contributed by atoms with Gasteiger partial charge in [0.2, 0.25) is 0 Å². The largest absolute Gasteiger partial charge is 0.493 e. The average Bonchev–Trinajstić information content (AvgIpc) is 2.35. The van der Waals surface area contributed by atoms with E-state index in [-0.39, 0.29) is 18.4 Å². The van der Waals surface area contributed by atoms with E-state index in [1.54, 1.807) is 14.2 Å². The first kappa shape index (κ1) is 15.1. The summed E-state index contributed by atoms with van der Waals surface area (Å²) in [6, 6.07) is 4.25. The predicted molar refractivity (Wildman–Crippen MR) is 77.2 cm³/mol.